The van der Waals surface area contributed by atoms with E-state index in [1.54, 1.807) is 18.3 Å². The van der Waals surface area contributed by atoms with Gasteiger partial charge in [-0.2, -0.15) is 0 Å². The van der Waals surface area contributed by atoms with E-state index in [4.69, 9.17) is 11.6 Å². The highest BCUT2D eigenvalue weighted by Gasteiger charge is 2.46. The fourth-order valence-corrected chi connectivity index (χ4v) is 5.80. The number of carbonyl (C=O) groups excluding carboxylic acids is 2. The van der Waals surface area contributed by atoms with Crippen LogP contribution in [0.5, 0.6) is 0 Å². The van der Waals surface area contributed by atoms with Crippen LogP contribution in [0.15, 0.2) is 60.0 Å². The zero-order valence-electron chi connectivity index (χ0n) is 17.3. The average Bonchev–Trinajstić information content (AvgIpc) is 3.42. The van der Waals surface area contributed by atoms with E-state index in [0.29, 0.717) is 24.7 Å². The van der Waals surface area contributed by atoms with Gasteiger partial charge in [0, 0.05) is 53.1 Å². The zero-order valence-corrected chi connectivity index (χ0v) is 18.9. The summed E-state index contributed by atoms with van der Waals surface area (Å²) in [5.74, 6) is 0.116. The van der Waals surface area contributed by atoms with Gasteiger partial charge >= 0.3 is 0 Å². The largest absolute Gasteiger partial charge is 0.339 e. The number of hydrogen-bond donors (Lipinski definition) is 0. The van der Waals surface area contributed by atoms with Crippen LogP contribution in [-0.2, 0) is 10.2 Å². The Balaban J connectivity index is 1.33. The number of amides is 2. The van der Waals surface area contributed by atoms with E-state index in [1.807, 2.05) is 58.3 Å². The maximum absolute atomic E-state index is 13.1. The van der Waals surface area contributed by atoms with E-state index >= 15 is 0 Å². The highest BCUT2D eigenvalue weighted by atomic mass is 35.5. The predicted molar refractivity (Wildman–Crippen MR) is 126 cm³/mol. The Morgan fingerprint density at radius 2 is 1.77 bits per heavy atom. The lowest BCUT2D eigenvalue weighted by Gasteiger charge is -2.40. The minimum Gasteiger partial charge on any atom is -0.339 e. The number of thiophene rings is 1. The van der Waals surface area contributed by atoms with Crippen molar-refractivity contribution in [2.24, 2.45) is 0 Å². The van der Waals surface area contributed by atoms with Gasteiger partial charge in [-0.15, -0.1) is 11.3 Å². The molecule has 0 radical (unpaired) electrons. The van der Waals surface area contributed by atoms with Crippen molar-refractivity contribution in [3.05, 3.63) is 76.1 Å². The smallest absolute Gasteiger partial charge is 0.253 e. The second-order valence-corrected chi connectivity index (χ2v) is 9.78. The molecule has 0 unspecified atom stereocenters. The van der Waals surface area contributed by atoms with Gasteiger partial charge in [-0.1, -0.05) is 29.8 Å². The number of hydrogen-bond acceptors (Lipinski definition) is 3. The first kappa shape index (κ1) is 20.3. The molecular weight excluding hydrogens is 428 g/mol. The van der Waals surface area contributed by atoms with Crippen molar-refractivity contribution >= 4 is 40.4 Å². The van der Waals surface area contributed by atoms with Crippen molar-refractivity contribution < 1.29 is 9.59 Å². The molecule has 5 rings (SSSR count). The maximum atomic E-state index is 13.1. The normalized spacial score (nSPS) is 17.1. The minimum atomic E-state index is -0.133. The maximum Gasteiger partial charge on any atom is 0.253 e. The van der Waals surface area contributed by atoms with Crippen LogP contribution in [0.4, 0.5) is 5.69 Å². The minimum absolute atomic E-state index is 0.0461. The molecule has 3 aromatic rings. The highest BCUT2D eigenvalue weighted by molar-refractivity contribution is 7.13. The molecular formula is C25H23ClN2O2S. The third-order valence-corrected chi connectivity index (χ3v) is 7.76. The number of halogens is 1. The van der Waals surface area contributed by atoms with Gasteiger partial charge in [-0.05, 0) is 65.7 Å². The molecule has 0 N–H and O–H groups in total. The van der Waals surface area contributed by atoms with Crippen molar-refractivity contribution in [1.29, 1.82) is 0 Å². The fraction of sp³-hybridized carbons (Fsp3) is 0.280. The van der Waals surface area contributed by atoms with Crippen LogP contribution in [0, 0.1) is 0 Å². The van der Waals surface area contributed by atoms with E-state index in [1.165, 1.54) is 4.88 Å². The molecule has 1 aromatic heterocycles. The number of rotatable bonds is 2. The Kier molecular flexibility index (Phi) is 5.11. The number of nitrogens with zero attached hydrogens (tertiary/aromatic N) is 2. The molecule has 31 heavy (non-hydrogen) atoms. The van der Waals surface area contributed by atoms with Crippen LogP contribution in [0.3, 0.4) is 0 Å². The summed E-state index contributed by atoms with van der Waals surface area (Å²) in [6.07, 6.45) is 1.65. The van der Waals surface area contributed by atoms with Gasteiger partial charge in [0.15, 0.2) is 0 Å². The predicted octanol–water partition coefficient (Wildman–Crippen LogP) is 5.61. The lowest BCUT2D eigenvalue weighted by molar-refractivity contribution is -0.116. The van der Waals surface area contributed by atoms with Crippen molar-refractivity contribution in [2.45, 2.75) is 25.2 Å². The number of carbonyl (C=O) groups is 2. The Morgan fingerprint density at radius 3 is 2.42 bits per heavy atom. The molecule has 4 nitrogen and oxygen atoms in total. The van der Waals surface area contributed by atoms with Gasteiger partial charge in [0.05, 0.1) is 0 Å². The summed E-state index contributed by atoms with van der Waals surface area (Å²) in [6.45, 7) is 3.61. The number of piperidine rings is 1. The van der Waals surface area contributed by atoms with E-state index in [0.717, 1.165) is 35.2 Å². The summed E-state index contributed by atoms with van der Waals surface area (Å²) in [4.78, 5) is 30.3. The fourth-order valence-electron chi connectivity index (χ4n) is 4.89. The number of benzene rings is 2. The summed E-state index contributed by atoms with van der Waals surface area (Å²) < 4.78 is 0. The molecule has 2 aromatic carbocycles. The van der Waals surface area contributed by atoms with Gasteiger partial charge in [-0.25, -0.2) is 0 Å². The molecule has 3 heterocycles. The second-order valence-electron chi connectivity index (χ2n) is 8.39. The molecule has 0 bridgehead atoms. The number of fused-ring (bicyclic) bond motifs is 2. The van der Waals surface area contributed by atoms with Gasteiger partial charge in [0.1, 0.15) is 0 Å². The van der Waals surface area contributed by atoms with Gasteiger partial charge in [-0.3, -0.25) is 9.59 Å². The molecule has 1 saturated heterocycles. The van der Waals surface area contributed by atoms with Gasteiger partial charge < -0.3 is 9.80 Å². The lowest BCUT2D eigenvalue weighted by atomic mass is 9.74. The molecule has 1 spiro atoms. The van der Waals surface area contributed by atoms with Crippen LogP contribution >= 0.6 is 22.9 Å². The summed E-state index contributed by atoms with van der Waals surface area (Å²) in [5.41, 5.74) is 3.82. The van der Waals surface area contributed by atoms with E-state index in [-0.39, 0.29) is 17.2 Å². The standard InChI is InChI=1S/C25H23ClN2O2S/c1-17(29)28-16-25(21-15-20(26)8-9-22(21)28)10-12-27(13-11-25)24(30)19-6-4-18(5-7-19)23-3-2-14-31-23/h2-9,14-15H,10-13,16H2,1H3. The first-order valence-corrected chi connectivity index (χ1v) is 11.7. The molecule has 0 aliphatic carbocycles. The number of anilines is 1. The van der Waals surface area contributed by atoms with Crippen molar-refractivity contribution in [3.8, 4) is 10.4 Å². The van der Waals surface area contributed by atoms with Crippen molar-refractivity contribution in [1.82, 2.24) is 4.90 Å². The Morgan fingerprint density at radius 1 is 1.03 bits per heavy atom. The van der Waals surface area contributed by atoms with E-state index in [2.05, 4.69) is 11.4 Å². The Bertz CT molecular complexity index is 1130. The van der Waals surface area contributed by atoms with Gasteiger partial charge in [0.25, 0.3) is 5.91 Å². The molecule has 2 amide bonds. The van der Waals surface area contributed by atoms with Crippen LogP contribution in [0.2, 0.25) is 5.02 Å². The first-order valence-electron chi connectivity index (χ1n) is 10.5. The topological polar surface area (TPSA) is 40.6 Å². The molecule has 1 fully saturated rings. The third kappa shape index (κ3) is 3.56. The van der Waals surface area contributed by atoms with Crippen molar-refractivity contribution in [3.63, 3.8) is 0 Å². The lowest BCUT2D eigenvalue weighted by Crippen LogP contribution is -2.47. The van der Waals surface area contributed by atoms with Crippen LogP contribution < -0.4 is 4.90 Å². The summed E-state index contributed by atoms with van der Waals surface area (Å²) in [6, 6.07) is 17.8. The molecule has 0 atom stereocenters. The van der Waals surface area contributed by atoms with Crippen LogP contribution in [-0.4, -0.2) is 36.3 Å². The monoisotopic (exact) mass is 450 g/mol. The van der Waals surface area contributed by atoms with Crippen LogP contribution in [0.1, 0.15) is 35.7 Å². The number of likely N-dealkylation sites (tertiary alicyclic amines) is 1. The van der Waals surface area contributed by atoms with E-state index in [9.17, 15) is 9.59 Å². The molecule has 2 aliphatic rings. The summed E-state index contributed by atoms with van der Waals surface area (Å²) >= 11 is 7.99. The van der Waals surface area contributed by atoms with Crippen LogP contribution in [0.25, 0.3) is 10.4 Å². The second kappa shape index (κ2) is 7.81. The van der Waals surface area contributed by atoms with Crippen molar-refractivity contribution in [2.75, 3.05) is 24.5 Å². The Labute approximate surface area is 191 Å². The first-order chi connectivity index (χ1) is 15.0. The SMILES string of the molecule is CC(=O)N1CC2(CCN(C(=O)c3ccc(-c4cccs4)cc3)CC2)c2cc(Cl)ccc21. The average molecular weight is 451 g/mol. The highest BCUT2D eigenvalue weighted by Crippen LogP contribution is 2.48. The summed E-state index contributed by atoms with van der Waals surface area (Å²) in [7, 11) is 0. The van der Waals surface area contributed by atoms with E-state index < -0.39 is 0 Å². The van der Waals surface area contributed by atoms with Gasteiger partial charge in [0.2, 0.25) is 5.91 Å². The zero-order chi connectivity index (χ0) is 21.6. The Hall–Kier alpha value is -2.63. The summed E-state index contributed by atoms with van der Waals surface area (Å²) in [5, 5.41) is 2.74. The third-order valence-electron chi connectivity index (χ3n) is 6.61. The quantitative estimate of drug-likeness (QED) is 0.509. The molecule has 158 valence electrons. The molecule has 2 aliphatic heterocycles. The molecule has 6 heteroatoms. The molecule has 0 saturated carbocycles.